The Hall–Kier alpha value is -2.92. The Bertz CT molecular complexity index is 4240. The minimum atomic E-state index is -5.20. The Balaban J connectivity index is -0.00000131. The van der Waals surface area contributed by atoms with Gasteiger partial charge in [0, 0.05) is 31.1 Å². The van der Waals surface area contributed by atoms with Gasteiger partial charge in [0.25, 0.3) is 5.08 Å². The Labute approximate surface area is 711 Å². The van der Waals surface area contributed by atoms with Crippen LogP contribution in [-0.4, -0.2) is 187 Å². The van der Waals surface area contributed by atoms with E-state index in [-0.39, 0.29) is 57.0 Å². The summed E-state index contributed by atoms with van der Waals surface area (Å²) in [5.41, 5.74) is 2.48. The Morgan fingerprint density at radius 2 is 1.01 bits per heavy atom. The third-order valence-electron chi connectivity index (χ3n) is 15.3. The number of phosphoric ester groups is 5. The number of hydrogen-bond donors (Lipinski definition) is 24. The van der Waals surface area contributed by atoms with Crippen LogP contribution in [-0.2, 0) is 68.3 Å². The van der Waals surface area contributed by atoms with Crippen LogP contribution in [0.3, 0.4) is 0 Å². The number of aliphatic hydroxyl groups is 1. The van der Waals surface area contributed by atoms with Crippen molar-refractivity contribution in [2.75, 3.05) is 51.8 Å². The number of unbranched alkanes of at least 4 members (excludes halogenated alkanes) is 10. The standard InChI is InChI=1S/C17H25O5P.C12H27O3P.C10H15O4P.C7H7O7PS.C6H7O4P.C4H5O3PS.C3H9O4PS.C2H8O7P2.CH5O4P.CH5O3P/c1-2-3-4-13-5-7-14(8-6-13)15-9-11-16(12-10-15)17(18)22-23(19,20)21;1-2-3-4-5-6-7-8-9-10-11-12-16(13,14)15;1-3-8(2)9-4-6-10(7-5-9)14-15(11,12)13;8-7(14-15(9,10)11)6-5-4(3-16-6)12-1-2-13-5;7-5-1-3-6(4-2-5)11(8,9)10;5-8(6,7)4-2-1-3-9-4;1-9-3-2-7-8(4,5)6;1-2(3,10(4,5)6)11(7,8)9;1-5-6(2,3)4;1-5(2,3)4/h9-14H,2-8H2,1H3,(H2,19,20,21);2-12H2,1H3,(H2,13,14,15);4-8H,3H2,1-2H3,(H2,11,12,13);3H,1-2H2,(H2,9,10,11);1-4,7H,(H2,8,9,10);1-3H,(H2,5,6,7);2-3H2,1H3,(H2,4,5,6);3H,1H3,(H2,4,5,6)(H2,7,8,9);1H3,(H2,2,3,4);1H3,(H2,2,3,4). The first-order valence-corrected chi connectivity index (χ1v) is 56.8. The van der Waals surface area contributed by atoms with Crippen LogP contribution >= 0.6 is 119 Å². The quantitative estimate of drug-likeness (QED) is 0.0140. The van der Waals surface area contributed by atoms with E-state index in [4.69, 9.17) is 127 Å². The number of carbonyl (C=O) groups is 2. The van der Waals surface area contributed by atoms with Gasteiger partial charge in [-0.15, -0.1) is 22.7 Å². The average molecular weight is 2010 g/mol. The molecule has 0 radical (unpaired) electrons. The number of phenols is 1. The lowest BCUT2D eigenvalue weighted by molar-refractivity contribution is 0.0660. The molecule has 5 aromatic rings. The topological polar surface area (TPSA) is 772 Å². The lowest BCUT2D eigenvalue weighted by Crippen LogP contribution is -2.23. The summed E-state index contributed by atoms with van der Waals surface area (Å²) in [6.45, 7) is 10.6. The molecule has 0 saturated heterocycles. The van der Waals surface area contributed by atoms with Crippen LogP contribution in [0, 0.1) is 5.92 Å². The van der Waals surface area contributed by atoms with Gasteiger partial charge in [-0.25, -0.2) is 32.4 Å². The molecule has 0 bridgehead atoms. The zero-order valence-corrected chi connectivity index (χ0v) is 79.1. The summed E-state index contributed by atoms with van der Waals surface area (Å²) in [5.74, 6) is 1.03. The van der Waals surface area contributed by atoms with Crippen molar-refractivity contribution in [3.63, 3.8) is 0 Å². The fourth-order valence-electron chi connectivity index (χ4n) is 9.01. The Kier molecular flexibility index (Phi) is 59.9. The molecule has 2 aliphatic rings. The largest absolute Gasteiger partial charge is 0.527 e. The minimum Gasteiger partial charge on any atom is -0.508 e. The normalized spacial score (nSPS) is 14.6. The van der Waals surface area contributed by atoms with Gasteiger partial charge in [-0.1, -0.05) is 135 Å². The maximum Gasteiger partial charge on any atom is 0.527 e. The molecule has 1 saturated carbocycles. The average Bonchev–Trinajstić information content (AvgIpc) is 1.35. The van der Waals surface area contributed by atoms with E-state index >= 15 is 0 Å². The summed E-state index contributed by atoms with van der Waals surface area (Å²) < 4.78 is 143. The number of aromatic hydroxyl groups is 1. The molecule has 1 atom stereocenters. The summed E-state index contributed by atoms with van der Waals surface area (Å²) in [6.07, 6.45) is 23.6. The van der Waals surface area contributed by atoms with Gasteiger partial charge in [0.05, 0.1) is 17.5 Å². The summed E-state index contributed by atoms with van der Waals surface area (Å²) >= 11 is 3.49. The van der Waals surface area contributed by atoms with Gasteiger partial charge in [-0.2, -0.15) is 11.8 Å². The van der Waals surface area contributed by atoms with E-state index in [9.17, 15) is 59.8 Å². The van der Waals surface area contributed by atoms with Gasteiger partial charge in [0.1, 0.15) is 29.3 Å². The lowest BCUT2D eigenvalue weighted by atomic mass is 9.77. The second kappa shape index (κ2) is 59.3. The van der Waals surface area contributed by atoms with E-state index < -0.39 is 102 Å². The third-order valence-corrected chi connectivity index (χ3v) is 27.1. The molecule has 3 aromatic carbocycles. The first kappa shape index (κ1) is 122. The predicted molar refractivity (Wildman–Crippen MR) is 451 cm³/mol. The molecular formula is C63H113O44P11S3. The van der Waals surface area contributed by atoms with Gasteiger partial charge < -0.3 is 112 Å². The van der Waals surface area contributed by atoms with Gasteiger partial charge in [-0.05, 0) is 141 Å². The lowest BCUT2D eigenvalue weighted by Gasteiger charge is -2.28. The van der Waals surface area contributed by atoms with E-state index in [1.807, 2.05) is 30.5 Å². The first-order chi connectivity index (χ1) is 55.1. The number of carbonyl (C=O) groups excluding carboxylic acids is 2. The van der Waals surface area contributed by atoms with Gasteiger partial charge in [-0.3, -0.25) is 65.8 Å². The summed E-state index contributed by atoms with van der Waals surface area (Å²) in [5, 5.41) is 17.2. The van der Waals surface area contributed by atoms with Crippen LogP contribution in [0.5, 0.6) is 23.0 Å². The highest BCUT2D eigenvalue weighted by molar-refractivity contribution is 7.98. The van der Waals surface area contributed by atoms with E-state index in [0.29, 0.717) is 43.3 Å². The molecule has 3 heterocycles. The molecule has 702 valence electrons. The van der Waals surface area contributed by atoms with Crippen LogP contribution in [0.2, 0.25) is 0 Å². The molecule has 44 nitrogen and oxygen atoms in total. The van der Waals surface area contributed by atoms with Crippen molar-refractivity contribution in [2.45, 2.75) is 167 Å². The fourth-order valence-corrected chi connectivity index (χ4v) is 15.6. The zero-order chi connectivity index (χ0) is 94.3. The van der Waals surface area contributed by atoms with Crippen LogP contribution in [0.15, 0.2) is 95.7 Å². The van der Waals surface area contributed by atoms with E-state index in [1.54, 1.807) is 35.7 Å². The maximum absolute atomic E-state index is 11.6. The van der Waals surface area contributed by atoms with Crippen molar-refractivity contribution >= 4 is 141 Å². The number of rotatable bonds is 32. The molecule has 0 amide bonds. The highest BCUT2D eigenvalue weighted by atomic mass is 32.2. The number of hydrogen-bond acceptors (Lipinski definition) is 25. The minimum absolute atomic E-state index is 0.0119. The van der Waals surface area contributed by atoms with Crippen LogP contribution < -0.4 is 23.9 Å². The van der Waals surface area contributed by atoms with E-state index in [2.05, 4.69) is 50.3 Å². The number of fused-ring (bicyclic) bond motifs is 1. The summed E-state index contributed by atoms with van der Waals surface area (Å²) in [4.78, 5) is 206. The van der Waals surface area contributed by atoms with Crippen LogP contribution in [0.4, 0.5) is 0 Å². The summed E-state index contributed by atoms with van der Waals surface area (Å²) in [7, 11) is -47.3. The molecule has 2 aromatic heterocycles. The Morgan fingerprint density at radius 3 is 1.37 bits per heavy atom. The second-order valence-electron chi connectivity index (χ2n) is 25.6. The SMILES string of the molecule is CC(O)(P(=O)(O)O)P(=O)(O)O.CCC(C)c1ccc(OP(=O)(O)O)cc1.CCCCC1CCC(c2ccc(C(=O)OP(=O)(O)O)cc2)CC1.CCCCCCCCCCCCP(=O)(O)O.COP(=O)(O)O.CP(=O)(O)O.CSCCOP(=O)(O)O.O=C(OP(=O)(O)O)c1scc2c1OCCO2.O=P(O)(O)c1ccc(O)cc1.O=P(O)(O)c1cccs1. The van der Waals surface area contributed by atoms with Crippen molar-refractivity contribution in [1.82, 2.24) is 0 Å². The molecule has 1 unspecified atom stereocenters. The number of thioether (sulfide) groups is 1. The monoisotopic (exact) mass is 2010 g/mol. The summed E-state index contributed by atoms with van der Waals surface area (Å²) in [6, 6.07) is 21.5. The van der Waals surface area contributed by atoms with Crippen molar-refractivity contribution in [1.29, 1.82) is 0 Å². The number of thiophene rings is 2. The zero-order valence-electron chi connectivity index (χ0n) is 66.8. The number of phosphoric acid groups is 5. The first-order valence-electron chi connectivity index (χ1n) is 35.6. The van der Waals surface area contributed by atoms with Crippen molar-refractivity contribution < 1.29 is 210 Å². The smallest absolute Gasteiger partial charge is 0.508 e. The molecule has 121 heavy (non-hydrogen) atoms. The van der Waals surface area contributed by atoms with E-state index in [1.165, 1.54) is 143 Å². The second-order valence-corrected chi connectivity index (χ2v) is 45.7. The van der Waals surface area contributed by atoms with E-state index in [0.717, 1.165) is 67.2 Å². The number of phenolic OH excluding ortho intramolecular Hbond substituents is 1. The van der Waals surface area contributed by atoms with Gasteiger partial charge in [0.2, 0.25) is 0 Å². The van der Waals surface area contributed by atoms with Crippen molar-refractivity contribution in [3.8, 4) is 23.0 Å². The predicted octanol–water partition coefficient (Wildman–Crippen LogP) is 11.7. The highest BCUT2D eigenvalue weighted by Gasteiger charge is 2.55. The Morgan fingerprint density at radius 1 is 0.554 bits per heavy atom. The van der Waals surface area contributed by atoms with Gasteiger partial charge >= 0.3 is 96.6 Å². The molecule has 1 aliphatic carbocycles. The van der Waals surface area contributed by atoms with Crippen LogP contribution in [0.1, 0.15) is 193 Å². The van der Waals surface area contributed by atoms with Crippen LogP contribution in [0.25, 0.3) is 0 Å². The number of ether oxygens (including phenoxy) is 2. The number of benzene rings is 3. The molecule has 58 heteroatoms. The molecule has 1 fully saturated rings. The molecule has 7 rings (SSSR count). The van der Waals surface area contributed by atoms with Crippen molar-refractivity contribution in [2.24, 2.45) is 5.92 Å². The third kappa shape index (κ3) is 66.2. The molecule has 0 spiro atoms. The highest BCUT2D eigenvalue weighted by Crippen LogP contribution is 2.67. The molecule has 24 N–H and O–H groups in total. The maximum atomic E-state index is 11.6. The molecule has 1 aliphatic heterocycles. The fraction of sp³-hybridized carbons (Fsp3) is 0.556. The molecular weight excluding hydrogens is 1900 g/mol. The van der Waals surface area contributed by atoms with Crippen molar-refractivity contribution in [3.05, 3.63) is 117 Å². The van der Waals surface area contributed by atoms with Gasteiger partial charge in [0.15, 0.2) is 16.4 Å².